The molecule has 1 unspecified atom stereocenters. The number of H-pyrrole nitrogens is 1. The Morgan fingerprint density at radius 2 is 2.11 bits per heavy atom. The number of nitrogens with one attached hydrogen (secondary N) is 1. The molecule has 3 aromatic heterocycles. The predicted octanol–water partition coefficient (Wildman–Crippen LogP) is 4.77. The number of halogens is 1. The summed E-state index contributed by atoms with van der Waals surface area (Å²) in [6, 6.07) is 3.80. The number of thiophene rings is 2. The first kappa shape index (κ1) is 21.0. The molecule has 150 valence electrons. The molecule has 0 spiro atoms. The minimum Gasteiger partial charge on any atom is -0.462 e. The van der Waals surface area contributed by atoms with Crippen LogP contribution in [0.15, 0.2) is 16.9 Å². The monoisotopic (exact) mass is 439 g/mol. The summed E-state index contributed by atoms with van der Waals surface area (Å²) in [5.74, 6) is 0.167. The zero-order chi connectivity index (χ0) is 20.4. The van der Waals surface area contributed by atoms with Crippen LogP contribution in [0, 0.1) is 6.92 Å². The summed E-state index contributed by atoms with van der Waals surface area (Å²) in [6.45, 7) is 9.38. The van der Waals surface area contributed by atoms with Gasteiger partial charge < -0.3 is 9.72 Å². The third-order valence-corrected chi connectivity index (χ3v) is 7.00. The van der Waals surface area contributed by atoms with Gasteiger partial charge in [-0.15, -0.1) is 22.7 Å². The molecule has 0 saturated carbocycles. The number of hydrogen-bond acceptors (Lipinski definition) is 7. The number of aromatic amines is 1. The van der Waals surface area contributed by atoms with Gasteiger partial charge in [0.05, 0.1) is 22.4 Å². The van der Waals surface area contributed by atoms with Crippen molar-refractivity contribution in [3.05, 3.63) is 48.0 Å². The number of fused-ring (bicyclic) bond motifs is 1. The fourth-order valence-corrected chi connectivity index (χ4v) is 5.28. The standard InChI is InChI=1S/C19H22ClN3O3S2/c1-5-23(9-12-7-8-13(20)27-12)11(4)16-21-17(24)14-10(3)15(19(25)26-6-2)28-18(14)22-16/h7-8,11H,5-6,9H2,1-4H3,(H,21,22,24). The van der Waals surface area contributed by atoms with E-state index in [4.69, 9.17) is 16.3 Å². The second-order valence-corrected chi connectivity index (χ2v) is 9.15. The fourth-order valence-electron chi connectivity index (χ4n) is 3.08. The smallest absolute Gasteiger partial charge is 0.348 e. The average molecular weight is 440 g/mol. The molecule has 28 heavy (non-hydrogen) atoms. The van der Waals surface area contributed by atoms with Crippen LogP contribution in [0.3, 0.4) is 0 Å². The van der Waals surface area contributed by atoms with Crippen LogP contribution in [0.25, 0.3) is 10.2 Å². The van der Waals surface area contributed by atoms with E-state index >= 15 is 0 Å². The number of hydrogen-bond donors (Lipinski definition) is 1. The molecule has 3 aromatic rings. The van der Waals surface area contributed by atoms with Gasteiger partial charge in [0.25, 0.3) is 5.56 Å². The van der Waals surface area contributed by atoms with Crippen LogP contribution in [0.2, 0.25) is 4.34 Å². The predicted molar refractivity (Wildman–Crippen MR) is 115 cm³/mol. The summed E-state index contributed by atoms with van der Waals surface area (Å²) in [6.07, 6.45) is 0. The van der Waals surface area contributed by atoms with Crippen LogP contribution in [0.4, 0.5) is 0 Å². The molecule has 1 atom stereocenters. The third kappa shape index (κ3) is 4.15. The van der Waals surface area contributed by atoms with E-state index in [1.165, 1.54) is 11.3 Å². The molecule has 0 amide bonds. The number of esters is 1. The van der Waals surface area contributed by atoms with Crippen molar-refractivity contribution in [1.82, 2.24) is 14.9 Å². The minimum atomic E-state index is -0.415. The molecule has 6 nitrogen and oxygen atoms in total. The Hall–Kier alpha value is -1.74. The van der Waals surface area contributed by atoms with Crippen molar-refractivity contribution < 1.29 is 9.53 Å². The lowest BCUT2D eigenvalue weighted by molar-refractivity contribution is 0.0531. The molecule has 3 heterocycles. The van der Waals surface area contributed by atoms with E-state index < -0.39 is 5.97 Å². The van der Waals surface area contributed by atoms with Crippen molar-refractivity contribution >= 4 is 50.5 Å². The number of carbonyl (C=O) groups is 1. The van der Waals surface area contributed by atoms with Gasteiger partial charge in [-0.1, -0.05) is 18.5 Å². The van der Waals surface area contributed by atoms with Crippen LogP contribution in [-0.4, -0.2) is 34.0 Å². The molecule has 0 aromatic carbocycles. The van der Waals surface area contributed by atoms with Crippen LogP contribution in [0.1, 0.15) is 52.7 Å². The van der Waals surface area contributed by atoms with Gasteiger partial charge in [0.2, 0.25) is 0 Å². The van der Waals surface area contributed by atoms with Gasteiger partial charge in [-0.25, -0.2) is 9.78 Å². The Labute approximate surface area is 176 Å². The molecule has 9 heteroatoms. The maximum absolute atomic E-state index is 12.7. The summed E-state index contributed by atoms with van der Waals surface area (Å²) in [4.78, 5) is 36.8. The minimum absolute atomic E-state index is 0.101. The van der Waals surface area contributed by atoms with E-state index in [9.17, 15) is 9.59 Å². The Morgan fingerprint density at radius 1 is 1.36 bits per heavy atom. The lowest BCUT2D eigenvalue weighted by atomic mass is 10.2. The Balaban J connectivity index is 1.95. The molecule has 3 rings (SSSR count). The van der Waals surface area contributed by atoms with E-state index in [0.29, 0.717) is 33.0 Å². The second kappa shape index (κ2) is 8.73. The molecule has 0 aliphatic carbocycles. The number of ether oxygens (including phenoxy) is 1. The highest BCUT2D eigenvalue weighted by molar-refractivity contribution is 7.20. The highest BCUT2D eigenvalue weighted by atomic mass is 35.5. The Kier molecular flexibility index (Phi) is 6.54. The number of carbonyl (C=O) groups excluding carboxylic acids is 1. The van der Waals surface area contributed by atoms with Gasteiger partial charge in [-0.05, 0) is 45.0 Å². The van der Waals surface area contributed by atoms with Gasteiger partial charge in [0.1, 0.15) is 15.5 Å². The molecule has 0 bridgehead atoms. The first-order chi connectivity index (χ1) is 13.3. The second-order valence-electron chi connectivity index (χ2n) is 6.35. The van der Waals surface area contributed by atoms with E-state index in [1.807, 2.05) is 19.1 Å². The molecule has 0 aliphatic heterocycles. The van der Waals surface area contributed by atoms with Crippen LogP contribution < -0.4 is 5.56 Å². The average Bonchev–Trinajstić information content (AvgIpc) is 3.22. The van der Waals surface area contributed by atoms with E-state index in [-0.39, 0.29) is 18.2 Å². The summed E-state index contributed by atoms with van der Waals surface area (Å²) in [5, 5.41) is 0.456. The molecule has 0 radical (unpaired) electrons. The van der Waals surface area contributed by atoms with Gasteiger partial charge in [-0.2, -0.15) is 0 Å². The highest BCUT2D eigenvalue weighted by Gasteiger charge is 2.23. The molecular formula is C19H22ClN3O3S2. The van der Waals surface area contributed by atoms with Crippen molar-refractivity contribution in [2.45, 2.75) is 40.3 Å². The number of rotatable bonds is 7. The zero-order valence-electron chi connectivity index (χ0n) is 16.2. The van der Waals surface area contributed by atoms with E-state index in [1.54, 1.807) is 25.2 Å². The number of aromatic nitrogens is 2. The first-order valence-corrected chi connectivity index (χ1v) is 11.0. The van der Waals surface area contributed by atoms with Gasteiger partial charge in [-0.3, -0.25) is 9.69 Å². The third-order valence-electron chi connectivity index (χ3n) is 4.62. The molecule has 0 aliphatic rings. The number of aryl methyl sites for hydroxylation is 1. The first-order valence-electron chi connectivity index (χ1n) is 9.04. The van der Waals surface area contributed by atoms with Gasteiger partial charge in [0.15, 0.2) is 0 Å². The van der Waals surface area contributed by atoms with Crippen molar-refractivity contribution in [2.75, 3.05) is 13.2 Å². The highest BCUT2D eigenvalue weighted by Crippen LogP contribution is 2.30. The zero-order valence-corrected chi connectivity index (χ0v) is 18.6. The van der Waals surface area contributed by atoms with Crippen molar-refractivity contribution in [3.63, 3.8) is 0 Å². The van der Waals surface area contributed by atoms with Crippen LogP contribution >= 0.6 is 34.3 Å². The van der Waals surface area contributed by atoms with Gasteiger partial charge >= 0.3 is 5.97 Å². The SMILES string of the molecule is CCOC(=O)c1sc2nc(C(C)N(CC)Cc3ccc(Cl)s3)[nH]c(=O)c2c1C. The van der Waals surface area contributed by atoms with Crippen LogP contribution in [0.5, 0.6) is 0 Å². The summed E-state index contributed by atoms with van der Waals surface area (Å²) in [7, 11) is 0. The maximum atomic E-state index is 12.7. The topological polar surface area (TPSA) is 75.3 Å². The fraction of sp³-hybridized carbons (Fsp3) is 0.421. The quantitative estimate of drug-likeness (QED) is 0.537. The maximum Gasteiger partial charge on any atom is 0.348 e. The van der Waals surface area contributed by atoms with E-state index in [0.717, 1.165) is 15.8 Å². The van der Waals surface area contributed by atoms with Crippen molar-refractivity contribution in [2.24, 2.45) is 0 Å². The summed E-state index contributed by atoms with van der Waals surface area (Å²) < 4.78 is 5.85. The molecule has 0 saturated heterocycles. The lowest BCUT2D eigenvalue weighted by Gasteiger charge is -2.26. The molecule has 0 fully saturated rings. The van der Waals surface area contributed by atoms with E-state index in [2.05, 4.69) is 21.8 Å². The largest absolute Gasteiger partial charge is 0.462 e. The van der Waals surface area contributed by atoms with Crippen LogP contribution in [-0.2, 0) is 11.3 Å². The van der Waals surface area contributed by atoms with Gasteiger partial charge in [0, 0.05) is 11.4 Å². The lowest BCUT2D eigenvalue weighted by Crippen LogP contribution is -2.29. The molecular weight excluding hydrogens is 418 g/mol. The Morgan fingerprint density at radius 3 is 2.71 bits per heavy atom. The summed E-state index contributed by atoms with van der Waals surface area (Å²) in [5.41, 5.74) is 0.387. The van der Waals surface area contributed by atoms with Crippen molar-refractivity contribution in [1.29, 1.82) is 0 Å². The summed E-state index contributed by atoms with van der Waals surface area (Å²) >= 11 is 8.79. The van der Waals surface area contributed by atoms with Crippen molar-refractivity contribution in [3.8, 4) is 0 Å². The Bertz CT molecular complexity index is 1060. The number of nitrogens with zero attached hydrogens (tertiary/aromatic N) is 2. The normalized spacial score (nSPS) is 12.6. The molecule has 1 N–H and O–H groups in total.